The standard InChI is InChI=1S/C18H16N6O/c1-25-17-14(12-8-20-10-21-9-12)13(7-11-5-3-2-4-6-11)15-16(23-17)24-18(19)22-15/h2-6,8-10H,7H2,1H3,(H3,19,22,23,24). The molecule has 0 fully saturated rings. The summed E-state index contributed by atoms with van der Waals surface area (Å²) in [6.07, 6.45) is 5.65. The third-order valence-electron chi connectivity index (χ3n) is 3.99. The molecule has 0 aliphatic rings. The van der Waals surface area contributed by atoms with Crippen molar-refractivity contribution in [1.29, 1.82) is 0 Å². The summed E-state index contributed by atoms with van der Waals surface area (Å²) in [5, 5.41) is 0. The van der Waals surface area contributed by atoms with Gasteiger partial charge in [0.2, 0.25) is 5.88 Å². The van der Waals surface area contributed by atoms with Gasteiger partial charge in [-0.05, 0) is 11.1 Å². The molecule has 3 N–H and O–H groups in total. The Kier molecular flexibility index (Phi) is 3.74. The van der Waals surface area contributed by atoms with Crippen LogP contribution in [0.25, 0.3) is 22.3 Å². The smallest absolute Gasteiger partial charge is 0.223 e. The van der Waals surface area contributed by atoms with Gasteiger partial charge in [-0.2, -0.15) is 9.97 Å². The third-order valence-corrected chi connectivity index (χ3v) is 3.99. The van der Waals surface area contributed by atoms with Crippen molar-refractivity contribution in [2.24, 2.45) is 0 Å². The predicted molar refractivity (Wildman–Crippen MR) is 95.1 cm³/mol. The van der Waals surface area contributed by atoms with E-state index >= 15 is 0 Å². The van der Waals surface area contributed by atoms with Gasteiger partial charge in [0.1, 0.15) is 6.33 Å². The zero-order valence-corrected chi connectivity index (χ0v) is 13.6. The Balaban J connectivity index is 2.01. The van der Waals surface area contributed by atoms with Crippen LogP contribution < -0.4 is 10.5 Å². The maximum absolute atomic E-state index is 5.86. The zero-order valence-electron chi connectivity index (χ0n) is 13.6. The number of imidazole rings is 1. The molecule has 4 rings (SSSR count). The fraction of sp³-hybridized carbons (Fsp3) is 0.111. The lowest BCUT2D eigenvalue weighted by Gasteiger charge is -2.14. The largest absolute Gasteiger partial charge is 0.480 e. The predicted octanol–water partition coefficient (Wildman–Crippen LogP) is 2.60. The van der Waals surface area contributed by atoms with E-state index in [1.807, 2.05) is 18.2 Å². The van der Waals surface area contributed by atoms with Gasteiger partial charge < -0.3 is 15.5 Å². The maximum atomic E-state index is 5.86. The molecule has 7 heteroatoms. The number of hydrogen-bond donors (Lipinski definition) is 2. The minimum atomic E-state index is 0.320. The molecule has 0 amide bonds. The summed E-state index contributed by atoms with van der Waals surface area (Å²) < 4.78 is 5.53. The number of anilines is 1. The second kappa shape index (κ2) is 6.20. The molecule has 25 heavy (non-hydrogen) atoms. The van der Waals surface area contributed by atoms with Crippen molar-refractivity contribution in [2.45, 2.75) is 6.42 Å². The molecule has 1 aromatic carbocycles. The molecule has 0 spiro atoms. The van der Waals surface area contributed by atoms with Gasteiger partial charge in [0.25, 0.3) is 0 Å². The van der Waals surface area contributed by atoms with Gasteiger partial charge >= 0.3 is 0 Å². The van der Waals surface area contributed by atoms with Crippen LogP contribution in [0, 0.1) is 0 Å². The summed E-state index contributed by atoms with van der Waals surface area (Å²) in [7, 11) is 1.59. The van der Waals surface area contributed by atoms with E-state index in [-0.39, 0.29) is 0 Å². The van der Waals surface area contributed by atoms with E-state index in [2.05, 4.69) is 37.1 Å². The molecule has 0 saturated carbocycles. The fourth-order valence-electron chi connectivity index (χ4n) is 2.93. The molecule has 0 aliphatic heterocycles. The maximum Gasteiger partial charge on any atom is 0.223 e. The van der Waals surface area contributed by atoms with Gasteiger partial charge in [0.05, 0.1) is 18.2 Å². The number of benzene rings is 1. The molecule has 7 nitrogen and oxygen atoms in total. The van der Waals surface area contributed by atoms with E-state index in [9.17, 15) is 0 Å². The number of aromatic amines is 1. The highest BCUT2D eigenvalue weighted by atomic mass is 16.5. The Morgan fingerprint density at radius 3 is 2.56 bits per heavy atom. The Bertz CT molecular complexity index is 1010. The number of ether oxygens (including phenoxy) is 1. The first-order valence-electron chi connectivity index (χ1n) is 7.77. The molecule has 3 heterocycles. The summed E-state index contributed by atoms with van der Waals surface area (Å²) in [5.74, 6) is 0.792. The molecule has 124 valence electrons. The Morgan fingerprint density at radius 2 is 1.84 bits per heavy atom. The first kappa shape index (κ1) is 15.1. The number of H-pyrrole nitrogens is 1. The number of nitrogens with two attached hydrogens (primary N) is 1. The summed E-state index contributed by atoms with van der Waals surface area (Å²) >= 11 is 0. The Hall–Kier alpha value is -3.48. The van der Waals surface area contributed by atoms with Crippen LogP contribution >= 0.6 is 0 Å². The van der Waals surface area contributed by atoms with E-state index in [0.29, 0.717) is 23.9 Å². The van der Waals surface area contributed by atoms with E-state index < -0.39 is 0 Å². The minimum absolute atomic E-state index is 0.320. The van der Waals surface area contributed by atoms with Gasteiger partial charge in [-0.25, -0.2) is 9.97 Å². The molecule has 0 saturated heterocycles. The molecule has 0 radical (unpaired) electrons. The average Bonchev–Trinajstić information content (AvgIpc) is 3.03. The van der Waals surface area contributed by atoms with Crippen molar-refractivity contribution in [3.63, 3.8) is 0 Å². The van der Waals surface area contributed by atoms with Crippen molar-refractivity contribution in [2.75, 3.05) is 12.8 Å². The molecule has 0 atom stereocenters. The summed E-state index contributed by atoms with van der Waals surface area (Å²) in [6.45, 7) is 0. The first-order valence-corrected chi connectivity index (χ1v) is 7.77. The van der Waals surface area contributed by atoms with Crippen molar-refractivity contribution in [3.8, 4) is 17.0 Å². The number of nitrogens with zero attached hydrogens (tertiary/aromatic N) is 4. The Labute approximate surface area is 143 Å². The van der Waals surface area contributed by atoms with Crippen LogP contribution in [0.3, 0.4) is 0 Å². The van der Waals surface area contributed by atoms with Crippen molar-refractivity contribution in [1.82, 2.24) is 24.9 Å². The second-order valence-corrected chi connectivity index (χ2v) is 5.58. The molecule has 0 unspecified atom stereocenters. The highest BCUT2D eigenvalue weighted by molar-refractivity contribution is 5.88. The molecular weight excluding hydrogens is 316 g/mol. The van der Waals surface area contributed by atoms with E-state index in [1.165, 1.54) is 6.33 Å². The normalized spacial score (nSPS) is 10.9. The minimum Gasteiger partial charge on any atom is -0.480 e. The van der Waals surface area contributed by atoms with Crippen LogP contribution in [0.2, 0.25) is 0 Å². The van der Waals surface area contributed by atoms with Crippen LogP contribution in [0.15, 0.2) is 49.1 Å². The van der Waals surface area contributed by atoms with Gasteiger partial charge in [-0.1, -0.05) is 30.3 Å². The highest BCUT2D eigenvalue weighted by Crippen LogP contribution is 2.36. The third kappa shape index (κ3) is 2.76. The molecule has 0 aliphatic carbocycles. The molecular formula is C18H16N6O. The summed E-state index contributed by atoms with van der Waals surface area (Å²) in [6, 6.07) is 10.2. The summed E-state index contributed by atoms with van der Waals surface area (Å²) in [4.78, 5) is 20.1. The molecule has 3 aromatic heterocycles. The number of nitrogen functional groups attached to an aromatic ring is 1. The second-order valence-electron chi connectivity index (χ2n) is 5.58. The number of fused-ring (bicyclic) bond motifs is 1. The highest BCUT2D eigenvalue weighted by Gasteiger charge is 2.20. The van der Waals surface area contributed by atoms with Gasteiger partial charge in [-0.15, -0.1) is 0 Å². The first-order chi connectivity index (χ1) is 12.3. The zero-order chi connectivity index (χ0) is 17.2. The Morgan fingerprint density at radius 1 is 1.08 bits per heavy atom. The number of pyridine rings is 1. The lowest BCUT2D eigenvalue weighted by atomic mass is 9.96. The van der Waals surface area contributed by atoms with Crippen LogP contribution in [0.5, 0.6) is 5.88 Å². The van der Waals surface area contributed by atoms with Crippen molar-refractivity contribution >= 4 is 17.1 Å². The topological polar surface area (TPSA) is 103 Å². The van der Waals surface area contributed by atoms with E-state index in [0.717, 1.165) is 27.8 Å². The van der Waals surface area contributed by atoms with Crippen LogP contribution in [-0.2, 0) is 6.42 Å². The van der Waals surface area contributed by atoms with Crippen LogP contribution in [0.1, 0.15) is 11.1 Å². The SMILES string of the molecule is COc1nc2nc(N)[nH]c2c(Cc2ccccc2)c1-c1cncnc1. The number of hydrogen-bond acceptors (Lipinski definition) is 6. The summed E-state index contributed by atoms with van der Waals surface area (Å²) in [5.41, 5.74) is 11.0. The van der Waals surface area contributed by atoms with Gasteiger partial charge in [-0.3, -0.25) is 0 Å². The van der Waals surface area contributed by atoms with Gasteiger partial charge in [0.15, 0.2) is 11.6 Å². The number of aromatic nitrogens is 5. The van der Waals surface area contributed by atoms with Crippen LogP contribution in [0.4, 0.5) is 5.95 Å². The molecule has 4 aromatic rings. The van der Waals surface area contributed by atoms with Crippen LogP contribution in [-0.4, -0.2) is 32.0 Å². The quantitative estimate of drug-likeness (QED) is 0.595. The van der Waals surface area contributed by atoms with Gasteiger partial charge in [0, 0.05) is 24.4 Å². The lowest BCUT2D eigenvalue weighted by molar-refractivity contribution is 0.400. The van der Waals surface area contributed by atoms with E-state index in [4.69, 9.17) is 10.5 Å². The number of methoxy groups -OCH3 is 1. The van der Waals surface area contributed by atoms with Crippen molar-refractivity contribution in [3.05, 3.63) is 60.2 Å². The lowest BCUT2D eigenvalue weighted by Crippen LogP contribution is -2.01. The number of nitrogens with one attached hydrogen (secondary N) is 1. The molecule has 0 bridgehead atoms. The number of rotatable bonds is 4. The van der Waals surface area contributed by atoms with Crippen molar-refractivity contribution < 1.29 is 4.74 Å². The monoisotopic (exact) mass is 332 g/mol. The average molecular weight is 332 g/mol. The van der Waals surface area contributed by atoms with E-state index in [1.54, 1.807) is 19.5 Å². The fourth-order valence-corrected chi connectivity index (χ4v) is 2.93.